The molecule has 0 aliphatic rings. The van der Waals surface area contributed by atoms with Crippen LogP contribution in [0.1, 0.15) is 0 Å². The average molecular weight is 290 g/mol. The maximum Gasteiger partial charge on any atom is 1.00 e. The van der Waals surface area contributed by atoms with Crippen molar-refractivity contribution in [2.75, 3.05) is 0 Å². The van der Waals surface area contributed by atoms with Crippen LogP contribution in [0.15, 0.2) is 91.0 Å². The Kier molecular flexibility index (Phi) is 5.48. The summed E-state index contributed by atoms with van der Waals surface area (Å²) in [7, 11) is -2.48. The molecule has 22 heavy (non-hydrogen) atoms. The molecule has 0 saturated heterocycles. The van der Waals surface area contributed by atoms with Crippen LogP contribution in [-0.4, -0.2) is 8.07 Å². The Morgan fingerprint density at radius 3 is 1.05 bits per heavy atom. The van der Waals surface area contributed by atoms with E-state index in [-0.39, 0.29) is 18.9 Å². The minimum Gasteiger partial charge on any atom is -0.700 e. The molecule has 0 aliphatic carbocycles. The van der Waals surface area contributed by atoms with Crippen molar-refractivity contribution in [3.05, 3.63) is 97.4 Å². The number of rotatable bonds is 3. The van der Waals surface area contributed by atoms with Crippen LogP contribution < -0.4 is 34.4 Å². The third-order valence-electron chi connectivity index (χ3n) is 3.81. The average Bonchev–Trinajstić information content (AvgIpc) is 2.59. The summed E-state index contributed by atoms with van der Waals surface area (Å²) in [5.74, 6) is 0. The number of hydrogen-bond acceptors (Lipinski definition) is 0. The van der Waals surface area contributed by atoms with Gasteiger partial charge in [-0.05, 0) is 15.6 Å². The molecule has 0 nitrogen and oxygen atoms in total. The molecular formula is C20H15LiSi. The monoisotopic (exact) mass is 290 g/mol. The zero-order chi connectivity index (χ0) is 14.5. The Morgan fingerprint density at radius 2 is 0.818 bits per heavy atom. The first-order valence-electron chi connectivity index (χ1n) is 6.98. The summed E-state index contributed by atoms with van der Waals surface area (Å²) in [5.41, 5.74) is 2.95. The van der Waals surface area contributed by atoms with E-state index in [0.717, 1.165) is 0 Å². The third kappa shape index (κ3) is 2.83. The fourth-order valence-corrected chi connectivity index (χ4v) is 6.29. The van der Waals surface area contributed by atoms with E-state index in [2.05, 4.69) is 41.9 Å². The molecule has 3 rings (SSSR count). The topological polar surface area (TPSA) is 0 Å². The predicted molar refractivity (Wildman–Crippen MR) is 91.1 cm³/mol. The molecule has 0 unspecified atom stereocenters. The van der Waals surface area contributed by atoms with Crippen LogP contribution in [0.3, 0.4) is 0 Å². The van der Waals surface area contributed by atoms with E-state index in [1.165, 1.54) is 15.6 Å². The zero-order valence-corrected chi connectivity index (χ0v) is 13.7. The molecule has 0 radical (unpaired) electrons. The molecule has 0 amide bonds. The normalized spacial score (nSPS) is 10.3. The first-order chi connectivity index (χ1) is 10.4. The van der Waals surface area contributed by atoms with Gasteiger partial charge in [-0.25, -0.2) is 0 Å². The molecule has 0 bridgehead atoms. The molecule has 0 aromatic heterocycles. The SMILES string of the molecule is [C-]#C[Si](c1ccccc1)(c1ccccc1)c1ccccc1.[Li+]. The van der Waals surface area contributed by atoms with Gasteiger partial charge in [0, 0.05) is 0 Å². The Labute approximate surface area is 145 Å². The molecule has 0 aliphatic heterocycles. The van der Waals surface area contributed by atoms with E-state index in [1.54, 1.807) is 0 Å². The first kappa shape index (κ1) is 16.4. The van der Waals surface area contributed by atoms with Crippen LogP contribution >= 0.6 is 0 Å². The fourth-order valence-electron chi connectivity index (χ4n) is 2.78. The molecule has 0 saturated carbocycles. The van der Waals surface area contributed by atoms with Crippen molar-refractivity contribution in [2.45, 2.75) is 0 Å². The Hall–Kier alpha value is -1.97. The molecule has 100 valence electrons. The quantitative estimate of drug-likeness (QED) is 0.259. The second-order valence-electron chi connectivity index (χ2n) is 4.97. The van der Waals surface area contributed by atoms with Gasteiger partial charge in [-0.3, -0.25) is 0 Å². The Bertz CT molecular complexity index is 649. The maximum absolute atomic E-state index is 8.13. The van der Waals surface area contributed by atoms with Crippen molar-refractivity contribution in [3.8, 4) is 5.54 Å². The van der Waals surface area contributed by atoms with Crippen molar-refractivity contribution in [1.82, 2.24) is 0 Å². The van der Waals surface area contributed by atoms with E-state index >= 15 is 0 Å². The van der Waals surface area contributed by atoms with Crippen molar-refractivity contribution in [3.63, 3.8) is 0 Å². The van der Waals surface area contributed by atoms with Crippen LogP contribution in [0.5, 0.6) is 0 Å². The third-order valence-corrected chi connectivity index (χ3v) is 7.78. The molecule has 3 aromatic carbocycles. The summed E-state index contributed by atoms with van der Waals surface area (Å²) >= 11 is 0. The van der Waals surface area contributed by atoms with Crippen molar-refractivity contribution < 1.29 is 18.9 Å². The van der Waals surface area contributed by atoms with Crippen molar-refractivity contribution >= 4 is 23.6 Å². The maximum atomic E-state index is 8.13. The summed E-state index contributed by atoms with van der Waals surface area (Å²) in [6, 6.07) is 31.0. The van der Waals surface area contributed by atoms with E-state index in [1.807, 2.05) is 54.6 Å². The van der Waals surface area contributed by atoms with Gasteiger partial charge >= 0.3 is 18.9 Å². The molecule has 0 heterocycles. The van der Waals surface area contributed by atoms with Gasteiger partial charge in [-0.1, -0.05) is 91.0 Å². The fraction of sp³-hybridized carbons (Fsp3) is 0. The van der Waals surface area contributed by atoms with Gasteiger partial charge in [0.05, 0.1) is 0 Å². The summed E-state index contributed by atoms with van der Waals surface area (Å²) in [5, 5.41) is 3.58. The van der Waals surface area contributed by atoms with Gasteiger partial charge in [0.25, 0.3) is 0 Å². The van der Waals surface area contributed by atoms with E-state index in [9.17, 15) is 0 Å². The summed E-state index contributed by atoms with van der Waals surface area (Å²) < 4.78 is 0. The van der Waals surface area contributed by atoms with Gasteiger partial charge in [0.2, 0.25) is 0 Å². The minimum absolute atomic E-state index is 0. The van der Waals surface area contributed by atoms with Crippen LogP contribution in [0.4, 0.5) is 0 Å². The molecular weight excluding hydrogens is 275 g/mol. The standard InChI is InChI=1S/C20H15Si.Li/c1-2-21(18-12-6-3-7-13-18,19-14-8-4-9-15-19)20-16-10-5-11-17-20;/h3-17H;/q-1;+1. The van der Waals surface area contributed by atoms with Crippen molar-refractivity contribution in [2.24, 2.45) is 0 Å². The Balaban J connectivity index is 0.00000176. The molecule has 3 aromatic rings. The van der Waals surface area contributed by atoms with Gasteiger partial charge in [0.15, 0.2) is 8.07 Å². The van der Waals surface area contributed by atoms with Gasteiger partial charge < -0.3 is 12.0 Å². The van der Waals surface area contributed by atoms with E-state index in [0.29, 0.717) is 0 Å². The second kappa shape index (κ2) is 7.34. The van der Waals surface area contributed by atoms with Crippen LogP contribution in [-0.2, 0) is 0 Å². The van der Waals surface area contributed by atoms with Crippen LogP contribution in [0.25, 0.3) is 0 Å². The smallest absolute Gasteiger partial charge is 0.700 e. The zero-order valence-electron chi connectivity index (χ0n) is 12.7. The summed E-state index contributed by atoms with van der Waals surface area (Å²) in [6.45, 7) is 0. The summed E-state index contributed by atoms with van der Waals surface area (Å²) in [4.78, 5) is 0. The summed E-state index contributed by atoms with van der Waals surface area (Å²) in [6.07, 6.45) is 8.13. The van der Waals surface area contributed by atoms with Gasteiger partial charge in [0.1, 0.15) is 0 Å². The van der Waals surface area contributed by atoms with Crippen LogP contribution in [0, 0.1) is 12.0 Å². The number of hydrogen-bond donors (Lipinski definition) is 0. The molecule has 0 fully saturated rings. The first-order valence-corrected chi connectivity index (χ1v) is 8.98. The molecule has 2 heteroatoms. The number of benzene rings is 3. The van der Waals surface area contributed by atoms with Crippen LogP contribution in [0.2, 0.25) is 0 Å². The van der Waals surface area contributed by atoms with E-state index < -0.39 is 8.07 Å². The Morgan fingerprint density at radius 1 is 0.545 bits per heavy atom. The predicted octanol–water partition coefficient (Wildman–Crippen LogP) is -0.710. The van der Waals surface area contributed by atoms with Gasteiger partial charge in [-0.2, -0.15) is 0 Å². The minimum atomic E-state index is -2.48. The largest absolute Gasteiger partial charge is 1.00 e. The van der Waals surface area contributed by atoms with Gasteiger partial charge in [-0.15, -0.1) is 0 Å². The molecule has 0 N–H and O–H groups in total. The van der Waals surface area contributed by atoms with E-state index in [4.69, 9.17) is 6.42 Å². The molecule has 0 spiro atoms. The van der Waals surface area contributed by atoms with Crippen molar-refractivity contribution in [1.29, 1.82) is 0 Å². The second-order valence-corrected chi connectivity index (χ2v) is 8.46. The molecule has 0 atom stereocenters.